The van der Waals surface area contributed by atoms with Gasteiger partial charge in [-0.05, 0) is 44.2 Å². The molecular formula is C21H23N3O5. The van der Waals surface area contributed by atoms with E-state index in [1.54, 1.807) is 13.0 Å². The summed E-state index contributed by atoms with van der Waals surface area (Å²) in [6, 6.07) is 12.1. The Balaban J connectivity index is 1.79. The van der Waals surface area contributed by atoms with Crippen molar-refractivity contribution in [2.75, 3.05) is 13.2 Å². The number of aromatic nitrogens is 2. The topological polar surface area (TPSA) is 103 Å². The number of aryl methyl sites for hydroxylation is 1. The highest BCUT2D eigenvalue weighted by Crippen LogP contribution is 2.29. The zero-order chi connectivity index (χ0) is 21.0. The van der Waals surface area contributed by atoms with Gasteiger partial charge in [0.15, 0.2) is 18.1 Å². The zero-order valence-corrected chi connectivity index (χ0v) is 16.5. The van der Waals surface area contributed by atoms with Gasteiger partial charge in [0.1, 0.15) is 5.82 Å². The number of para-hydroxylation sites is 2. The lowest BCUT2D eigenvalue weighted by atomic mass is 10.1. The van der Waals surface area contributed by atoms with Crippen LogP contribution in [0.3, 0.4) is 0 Å². The Morgan fingerprint density at radius 3 is 2.62 bits per heavy atom. The Labute approximate surface area is 168 Å². The molecule has 0 fully saturated rings. The molecule has 2 N–H and O–H groups in total. The van der Waals surface area contributed by atoms with Gasteiger partial charge in [0, 0.05) is 12.6 Å². The lowest BCUT2D eigenvalue weighted by molar-refractivity contribution is -0.139. The summed E-state index contributed by atoms with van der Waals surface area (Å²) in [4.78, 5) is 28.1. The number of hydrogen-bond donors (Lipinski definition) is 2. The highest BCUT2D eigenvalue weighted by molar-refractivity contribution is 5.95. The third-order valence-corrected chi connectivity index (χ3v) is 4.41. The summed E-state index contributed by atoms with van der Waals surface area (Å²) in [7, 11) is 1.91. The molecule has 0 radical (unpaired) electrons. The van der Waals surface area contributed by atoms with Crippen molar-refractivity contribution in [2.24, 2.45) is 7.05 Å². The van der Waals surface area contributed by atoms with Crippen molar-refractivity contribution >= 4 is 22.9 Å². The summed E-state index contributed by atoms with van der Waals surface area (Å²) in [5, 5.41) is 11.7. The fourth-order valence-electron chi connectivity index (χ4n) is 3.07. The number of carboxylic acids is 1. The van der Waals surface area contributed by atoms with Crippen LogP contribution in [0.15, 0.2) is 42.5 Å². The Morgan fingerprint density at radius 1 is 1.17 bits per heavy atom. The van der Waals surface area contributed by atoms with E-state index in [0.29, 0.717) is 17.9 Å². The molecule has 8 nitrogen and oxygen atoms in total. The molecule has 3 rings (SSSR count). The Bertz CT molecular complexity index is 1040. The number of ether oxygens (including phenoxy) is 2. The van der Waals surface area contributed by atoms with Gasteiger partial charge < -0.3 is 24.5 Å². The molecule has 8 heteroatoms. The largest absolute Gasteiger partial charge is 0.490 e. The maximum absolute atomic E-state index is 12.8. The molecule has 3 aromatic rings. The van der Waals surface area contributed by atoms with Gasteiger partial charge in [0.2, 0.25) is 0 Å². The number of amides is 1. The molecule has 0 aliphatic heterocycles. The molecule has 29 heavy (non-hydrogen) atoms. The molecule has 0 spiro atoms. The van der Waals surface area contributed by atoms with Gasteiger partial charge in [-0.25, -0.2) is 9.78 Å². The van der Waals surface area contributed by atoms with Crippen molar-refractivity contribution in [3.05, 3.63) is 53.9 Å². The average molecular weight is 397 g/mol. The fraction of sp³-hybridized carbons (Fsp3) is 0.286. The van der Waals surface area contributed by atoms with E-state index in [9.17, 15) is 9.59 Å². The predicted molar refractivity (Wildman–Crippen MR) is 107 cm³/mol. The Morgan fingerprint density at radius 2 is 1.93 bits per heavy atom. The first kappa shape index (κ1) is 20.2. The van der Waals surface area contributed by atoms with Crippen LogP contribution in [-0.2, 0) is 11.8 Å². The fourth-order valence-corrected chi connectivity index (χ4v) is 3.07. The van der Waals surface area contributed by atoms with Gasteiger partial charge in [0.25, 0.3) is 5.91 Å². The molecule has 1 heterocycles. The predicted octanol–water partition coefficient (Wildman–Crippen LogP) is 2.93. The standard InChI is InChI=1S/C21H23N3O5/c1-4-28-18-11-14(9-10-17(18)29-12-19(25)26)21(27)22-13(2)20-23-15-7-5-6-8-16(15)24(20)3/h5-11,13H,4,12H2,1-3H3,(H,22,27)(H,25,26). The van der Waals surface area contributed by atoms with Gasteiger partial charge in [-0.2, -0.15) is 0 Å². The molecule has 1 atom stereocenters. The van der Waals surface area contributed by atoms with Crippen LogP contribution < -0.4 is 14.8 Å². The number of rotatable bonds is 8. The summed E-state index contributed by atoms with van der Waals surface area (Å²) in [6.45, 7) is 3.52. The molecule has 1 unspecified atom stereocenters. The smallest absolute Gasteiger partial charge is 0.341 e. The minimum absolute atomic E-state index is 0.272. The van der Waals surface area contributed by atoms with Gasteiger partial charge in [-0.3, -0.25) is 4.79 Å². The second kappa shape index (κ2) is 8.64. The molecule has 0 aliphatic carbocycles. The van der Waals surface area contributed by atoms with Crippen molar-refractivity contribution in [3.8, 4) is 11.5 Å². The molecule has 1 amide bonds. The highest BCUT2D eigenvalue weighted by atomic mass is 16.5. The van der Waals surface area contributed by atoms with Crippen LogP contribution in [0.1, 0.15) is 36.1 Å². The first-order valence-electron chi connectivity index (χ1n) is 9.24. The third kappa shape index (κ3) is 4.48. The highest BCUT2D eigenvalue weighted by Gasteiger charge is 2.19. The van der Waals surface area contributed by atoms with Crippen molar-refractivity contribution < 1.29 is 24.2 Å². The minimum atomic E-state index is -1.09. The number of nitrogens with one attached hydrogen (secondary N) is 1. The monoisotopic (exact) mass is 397 g/mol. The van der Waals surface area contributed by atoms with Crippen molar-refractivity contribution in [2.45, 2.75) is 19.9 Å². The van der Waals surface area contributed by atoms with E-state index >= 15 is 0 Å². The molecule has 0 aliphatic rings. The van der Waals surface area contributed by atoms with E-state index in [0.717, 1.165) is 16.9 Å². The molecule has 0 saturated heterocycles. The van der Waals surface area contributed by atoms with Crippen LogP contribution in [0.25, 0.3) is 11.0 Å². The normalized spacial score (nSPS) is 11.8. The molecule has 0 bridgehead atoms. The number of carboxylic acid groups (broad SMARTS) is 1. The van der Waals surface area contributed by atoms with Gasteiger partial charge in [-0.15, -0.1) is 0 Å². The summed E-state index contributed by atoms with van der Waals surface area (Å²) >= 11 is 0. The van der Waals surface area contributed by atoms with E-state index in [4.69, 9.17) is 14.6 Å². The summed E-state index contributed by atoms with van der Waals surface area (Å²) < 4.78 is 12.7. The van der Waals surface area contributed by atoms with E-state index in [2.05, 4.69) is 10.3 Å². The molecule has 2 aromatic carbocycles. The van der Waals surface area contributed by atoms with E-state index in [-0.39, 0.29) is 17.7 Å². The number of imidazole rings is 1. The van der Waals surface area contributed by atoms with Crippen LogP contribution in [0.2, 0.25) is 0 Å². The van der Waals surface area contributed by atoms with Crippen LogP contribution in [0.5, 0.6) is 11.5 Å². The second-order valence-corrected chi connectivity index (χ2v) is 6.49. The van der Waals surface area contributed by atoms with Crippen molar-refractivity contribution in [1.29, 1.82) is 0 Å². The number of carbonyl (C=O) groups excluding carboxylic acids is 1. The van der Waals surface area contributed by atoms with Crippen LogP contribution >= 0.6 is 0 Å². The minimum Gasteiger partial charge on any atom is -0.490 e. The Kier molecular flexibility index (Phi) is 6.01. The summed E-state index contributed by atoms with van der Waals surface area (Å²) in [5.41, 5.74) is 2.23. The maximum atomic E-state index is 12.8. The number of benzene rings is 2. The Hall–Kier alpha value is -3.55. The molecule has 1 aromatic heterocycles. The summed E-state index contributed by atoms with van der Waals surface area (Å²) in [5.74, 6) is -0.0576. The first-order valence-corrected chi connectivity index (χ1v) is 9.24. The van der Waals surface area contributed by atoms with Gasteiger partial charge in [-0.1, -0.05) is 12.1 Å². The third-order valence-electron chi connectivity index (χ3n) is 4.41. The number of aliphatic carboxylic acids is 1. The van der Waals surface area contributed by atoms with Crippen LogP contribution in [0, 0.1) is 0 Å². The lowest BCUT2D eigenvalue weighted by Crippen LogP contribution is -2.28. The first-order chi connectivity index (χ1) is 13.9. The zero-order valence-electron chi connectivity index (χ0n) is 16.5. The van der Waals surface area contributed by atoms with E-state index < -0.39 is 12.6 Å². The number of hydrogen-bond acceptors (Lipinski definition) is 5. The van der Waals surface area contributed by atoms with Crippen molar-refractivity contribution in [3.63, 3.8) is 0 Å². The number of carbonyl (C=O) groups is 2. The lowest BCUT2D eigenvalue weighted by Gasteiger charge is -2.16. The van der Waals surface area contributed by atoms with Crippen molar-refractivity contribution in [1.82, 2.24) is 14.9 Å². The molecule has 152 valence electrons. The molecule has 0 saturated carbocycles. The summed E-state index contributed by atoms with van der Waals surface area (Å²) in [6.07, 6.45) is 0. The average Bonchev–Trinajstić information content (AvgIpc) is 3.04. The second-order valence-electron chi connectivity index (χ2n) is 6.49. The quantitative estimate of drug-likeness (QED) is 0.606. The number of fused-ring (bicyclic) bond motifs is 1. The maximum Gasteiger partial charge on any atom is 0.341 e. The van der Waals surface area contributed by atoms with E-state index in [1.807, 2.05) is 42.8 Å². The number of nitrogens with zero attached hydrogens (tertiary/aromatic N) is 2. The molecular weight excluding hydrogens is 374 g/mol. The van der Waals surface area contributed by atoms with E-state index in [1.165, 1.54) is 12.1 Å². The van der Waals surface area contributed by atoms with Crippen LogP contribution in [0.4, 0.5) is 0 Å². The van der Waals surface area contributed by atoms with Gasteiger partial charge in [0.05, 0.1) is 23.7 Å². The van der Waals surface area contributed by atoms with Crippen LogP contribution in [-0.4, -0.2) is 39.7 Å². The SMILES string of the molecule is CCOc1cc(C(=O)NC(C)c2nc3ccccc3n2C)ccc1OCC(=O)O. The van der Waals surface area contributed by atoms with Gasteiger partial charge >= 0.3 is 5.97 Å².